The third kappa shape index (κ3) is 4.47. The SMILES string of the molecule is CCC(C)(CO)NCC(O)c1ccc(C(F)(F)F)cc1. The van der Waals surface area contributed by atoms with Gasteiger partial charge in [0.05, 0.1) is 18.3 Å². The molecule has 0 spiro atoms. The maximum absolute atomic E-state index is 12.4. The Morgan fingerprint density at radius 3 is 2.15 bits per heavy atom. The summed E-state index contributed by atoms with van der Waals surface area (Å²) in [4.78, 5) is 0. The molecule has 2 unspecified atom stereocenters. The summed E-state index contributed by atoms with van der Waals surface area (Å²) >= 11 is 0. The van der Waals surface area contributed by atoms with Crippen molar-refractivity contribution in [1.82, 2.24) is 5.32 Å². The van der Waals surface area contributed by atoms with Crippen LogP contribution in [-0.4, -0.2) is 28.9 Å². The molecule has 0 amide bonds. The summed E-state index contributed by atoms with van der Waals surface area (Å²) in [6.45, 7) is 3.79. The molecule has 0 aliphatic heterocycles. The third-order valence-electron chi connectivity index (χ3n) is 3.47. The van der Waals surface area contributed by atoms with Crippen molar-refractivity contribution in [3.63, 3.8) is 0 Å². The molecule has 1 rings (SSSR count). The fourth-order valence-electron chi connectivity index (χ4n) is 1.65. The van der Waals surface area contributed by atoms with E-state index in [4.69, 9.17) is 0 Å². The Kier molecular flexibility index (Phi) is 5.56. The van der Waals surface area contributed by atoms with Gasteiger partial charge in [-0.15, -0.1) is 0 Å². The molecular formula is C14H20F3NO2. The van der Waals surface area contributed by atoms with E-state index in [1.54, 1.807) is 0 Å². The van der Waals surface area contributed by atoms with Gasteiger partial charge in [-0.1, -0.05) is 19.1 Å². The monoisotopic (exact) mass is 291 g/mol. The Hall–Kier alpha value is -1.11. The van der Waals surface area contributed by atoms with Crippen molar-refractivity contribution >= 4 is 0 Å². The maximum atomic E-state index is 12.4. The Balaban J connectivity index is 2.67. The van der Waals surface area contributed by atoms with Crippen LogP contribution in [-0.2, 0) is 6.18 Å². The fraction of sp³-hybridized carbons (Fsp3) is 0.571. The molecule has 0 radical (unpaired) electrons. The van der Waals surface area contributed by atoms with Gasteiger partial charge in [0.2, 0.25) is 0 Å². The van der Waals surface area contributed by atoms with E-state index in [-0.39, 0.29) is 13.2 Å². The quantitative estimate of drug-likeness (QED) is 0.755. The lowest BCUT2D eigenvalue weighted by atomic mass is 9.99. The summed E-state index contributed by atoms with van der Waals surface area (Å²) in [5.74, 6) is 0. The summed E-state index contributed by atoms with van der Waals surface area (Å²) in [5.41, 5.74) is -0.843. The van der Waals surface area contributed by atoms with E-state index in [1.807, 2.05) is 13.8 Å². The predicted octanol–water partition coefficient (Wildman–Crippen LogP) is 2.49. The smallest absolute Gasteiger partial charge is 0.394 e. The number of halogens is 3. The molecule has 0 bridgehead atoms. The van der Waals surface area contributed by atoms with E-state index in [0.717, 1.165) is 12.1 Å². The highest BCUT2D eigenvalue weighted by atomic mass is 19.4. The third-order valence-corrected chi connectivity index (χ3v) is 3.47. The van der Waals surface area contributed by atoms with Crippen LogP contribution in [0.15, 0.2) is 24.3 Å². The molecule has 6 heteroatoms. The topological polar surface area (TPSA) is 52.5 Å². The minimum atomic E-state index is -4.38. The molecule has 1 aromatic carbocycles. The lowest BCUT2D eigenvalue weighted by Gasteiger charge is -2.28. The van der Waals surface area contributed by atoms with Crippen molar-refractivity contribution in [2.75, 3.05) is 13.2 Å². The lowest BCUT2D eigenvalue weighted by Crippen LogP contribution is -2.46. The number of nitrogens with one attached hydrogen (secondary N) is 1. The summed E-state index contributed by atoms with van der Waals surface area (Å²) < 4.78 is 37.2. The molecule has 3 nitrogen and oxygen atoms in total. The predicted molar refractivity (Wildman–Crippen MR) is 70.2 cm³/mol. The number of aliphatic hydroxyl groups is 2. The average molecular weight is 291 g/mol. The van der Waals surface area contributed by atoms with Gasteiger partial charge >= 0.3 is 6.18 Å². The molecule has 114 valence electrons. The minimum absolute atomic E-state index is 0.0801. The van der Waals surface area contributed by atoms with Crippen LogP contribution in [0.3, 0.4) is 0 Å². The van der Waals surface area contributed by atoms with Gasteiger partial charge in [0, 0.05) is 12.1 Å². The van der Waals surface area contributed by atoms with Crippen LogP contribution in [0.4, 0.5) is 13.2 Å². The van der Waals surface area contributed by atoms with Gasteiger partial charge in [-0.3, -0.25) is 0 Å². The van der Waals surface area contributed by atoms with Gasteiger partial charge in [-0.2, -0.15) is 13.2 Å². The van der Waals surface area contributed by atoms with E-state index in [9.17, 15) is 23.4 Å². The van der Waals surface area contributed by atoms with Gasteiger partial charge in [-0.25, -0.2) is 0 Å². The van der Waals surface area contributed by atoms with E-state index < -0.39 is 23.4 Å². The van der Waals surface area contributed by atoms with Crippen molar-refractivity contribution < 1.29 is 23.4 Å². The van der Waals surface area contributed by atoms with Crippen molar-refractivity contribution in [1.29, 1.82) is 0 Å². The number of β-amino-alcohol motifs (C(OH)–C–C–N with tert-alkyl or cyclic N) is 1. The first-order chi connectivity index (χ1) is 9.22. The fourth-order valence-corrected chi connectivity index (χ4v) is 1.65. The molecule has 2 atom stereocenters. The zero-order valence-electron chi connectivity index (χ0n) is 11.5. The molecule has 0 aliphatic carbocycles. The van der Waals surface area contributed by atoms with Crippen LogP contribution in [0.1, 0.15) is 37.5 Å². The van der Waals surface area contributed by atoms with Crippen molar-refractivity contribution in [3.05, 3.63) is 35.4 Å². The normalized spacial score (nSPS) is 16.8. The molecule has 0 heterocycles. The Labute approximate surface area is 116 Å². The van der Waals surface area contributed by atoms with Crippen LogP contribution in [0.2, 0.25) is 0 Å². The molecule has 0 saturated carbocycles. The highest BCUT2D eigenvalue weighted by molar-refractivity contribution is 5.26. The lowest BCUT2D eigenvalue weighted by molar-refractivity contribution is -0.137. The van der Waals surface area contributed by atoms with E-state index >= 15 is 0 Å². The molecule has 0 fully saturated rings. The zero-order chi connectivity index (χ0) is 15.4. The van der Waals surface area contributed by atoms with Crippen LogP contribution >= 0.6 is 0 Å². The maximum Gasteiger partial charge on any atom is 0.416 e. The number of alkyl halides is 3. The van der Waals surface area contributed by atoms with Gasteiger partial charge in [0.15, 0.2) is 0 Å². The van der Waals surface area contributed by atoms with E-state index in [1.165, 1.54) is 12.1 Å². The van der Waals surface area contributed by atoms with Crippen LogP contribution < -0.4 is 5.32 Å². The Bertz CT molecular complexity index is 413. The molecule has 0 aliphatic rings. The standard InChI is InChI=1S/C14H20F3NO2/c1-3-13(2,9-19)18-8-12(20)10-4-6-11(7-5-10)14(15,16)17/h4-7,12,18-20H,3,8-9H2,1-2H3. The molecule has 3 N–H and O–H groups in total. The van der Waals surface area contributed by atoms with Crippen molar-refractivity contribution in [2.24, 2.45) is 0 Å². The average Bonchev–Trinajstić information content (AvgIpc) is 2.43. The summed E-state index contributed by atoms with van der Waals surface area (Å²) in [6, 6.07) is 4.42. The first kappa shape index (κ1) is 16.9. The van der Waals surface area contributed by atoms with Gasteiger partial charge < -0.3 is 15.5 Å². The van der Waals surface area contributed by atoms with Crippen molar-refractivity contribution in [2.45, 2.75) is 38.1 Å². The molecule has 20 heavy (non-hydrogen) atoms. The van der Waals surface area contributed by atoms with Gasteiger partial charge in [-0.05, 0) is 31.0 Å². The zero-order valence-corrected chi connectivity index (χ0v) is 11.5. The molecule has 0 saturated heterocycles. The van der Waals surface area contributed by atoms with E-state index in [0.29, 0.717) is 12.0 Å². The van der Waals surface area contributed by atoms with E-state index in [2.05, 4.69) is 5.32 Å². The second-order valence-electron chi connectivity index (χ2n) is 5.09. The summed E-state index contributed by atoms with van der Waals surface area (Å²) in [7, 11) is 0. The molecular weight excluding hydrogens is 271 g/mol. The largest absolute Gasteiger partial charge is 0.416 e. The van der Waals surface area contributed by atoms with Crippen LogP contribution in [0, 0.1) is 0 Å². The number of hydrogen-bond donors (Lipinski definition) is 3. The second kappa shape index (κ2) is 6.56. The first-order valence-corrected chi connectivity index (χ1v) is 6.43. The summed E-state index contributed by atoms with van der Waals surface area (Å²) in [5, 5.41) is 22.2. The Morgan fingerprint density at radius 2 is 1.75 bits per heavy atom. The highest BCUT2D eigenvalue weighted by Gasteiger charge is 2.30. The van der Waals surface area contributed by atoms with Crippen LogP contribution in [0.25, 0.3) is 0 Å². The second-order valence-corrected chi connectivity index (χ2v) is 5.09. The molecule has 0 aromatic heterocycles. The van der Waals surface area contributed by atoms with Gasteiger partial charge in [0.25, 0.3) is 0 Å². The first-order valence-electron chi connectivity index (χ1n) is 6.43. The number of benzene rings is 1. The summed E-state index contributed by atoms with van der Waals surface area (Å²) in [6.07, 6.45) is -4.63. The minimum Gasteiger partial charge on any atom is -0.394 e. The van der Waals surface area contributed by atoms with Gasteiger partial charge in [0.1, 0.15) is 0 Å². The van der Waals surface area contributed by atoms with Crippen molar-refractivity contribution in [3.8, 4) is 0 Å². The molecule has 1 aromatic rings. The highest BCUT2D eigenvalue weighted by Crippen LogP contribution is 2.29. The number of aliphatic hydroxyl groups excluding tert-OH is 2. The Morgan fingerprint density at radius 1 is 1.20 bits per heavy atom. The number of rotatable bonds is 6. The number of hydrogen-bond acceptors (Lipinski definition) is 3. The van der Waals surface area contributed by atoms with Crippen LogP contribution in [0.5, 0.6) is 0 Å².